The summed E-state index contributed by atoms with van der Waals surface area (Å²) >= 11 is 5.98. The van der Waals surface area contributed by atoms with E-state index in [9.17, 15) is 22.4 Å². The average molecular weight is 394 g/mol. The minimum Gasteiger partial charge on any atom is -0.300 e. The van der Waals surface area contributed by atoms with Crippen LogP contribution in [0.4, 0.5) is 23.2 Å². The Balaban J connectivity index is 1.84. The third-order valence-corrected chi connectivity index (χ3v) is 5.41. The molecule has 2 nitrogen and oxygen atoms in total. The zero-order valence-electron chi connectivity index (χ0n) is 13.8. The van der Waals surface area contributed by atoms with Gasteiger partial charge in [0, 0.05) is 11.3 Å². The first-order valence-corrected chi connectivity index (χ1v) is 8.53. The summed E-state index contributed by atoms with van der Waals surface area (Å²) in [6, 6.07) is 5.94. The molecule has 0 saturated heterocycles. The number of anilines is 1. The summed E-state index contributed by atoms with van der Waals surface area (Å²) in [6.45, 7) is 0.127. The van der Waals surface area contributed by atoms with Crippen molar-refractivity contribution in [1.29, 1.82) is 0 Å². The first kappa shape index (κ1) is 17.9. The second kappa shape index (κ2) is 5.74. The van der Waals surface area contributed by atoms with Crippen molar-refractivity contribution >= 4 is 23.2 Å². The molecule has 0 radical (unpaired) electrons. The van der Waals surface area contributed by atoms with Crippen molar-refractivity contribution in [3.05, 3.63) is 52.3 Å². The number of carbonyl (C=O) groups excluding carboxylic acids is 1. The summed E-state index contributed by atoms with van der Waals surface area (Å²) in [6.07, 6.45) is 1.97. The Kier molecular flexibility index (Phi) is 3.80. The Morgan fingerprint density at radius 2 is 1.93 bits per heavy atom. The van der Waals surface area contributed by atoms with E-state index >= 15 is 0 Å². The molecular weight excluding hydrogens is 382 g/mol. The molecule has 4 rings (SSSR count). The molecule has 2 aromatic carbocycles. The fourth-order valence-corrected chi connectivity index (χ4v) is 3.98. The maximum Gasteiger partial charge on any atom is 0.416 e. The van der Waals surface area contributed by atoms with E-state index in [0.717, 1.165) is 5.56 Å². The van der Waals surface area contributed by atoms with Crippen molar-refractivity contribution in [2.75, 3.05) is 11.4 Å². The van der Waals surface area contributed by atoms with E-state index in [4.69, 9.17) is 18.0 Å². The van der Waals surface area contributed by atoms with E-state index in [1.165, 1.54) is 11.0 Å². The number of alkyl halides is 3. The van der Waals surface area contributed by atoms with Crippen LogP contribution in [0.3, 0.4) is 0 Å². The van der Waals surface area contributed by atoms with Gasteiger partial charge < -0.3 is 0 Å². The number of hydrogen-bond donors (Lipinski definition) is 0. The predicted octanol–water partition coefficient (Wildman–Crippen LogP) is 5.18. The van der Waals surface area contributed by atoms with Gasteiger partial charge in [0.1, 0.15) is 5.82 Å². The van der Waals surface area contributed by atoms with Crippen LogP contribution in [0, 0.1) is 18.2 Å². The van der Waals surface area contributed by atoms with Gasteiger partial charge in [-0.1, -0.05) is 23.6 Å². The number of hydrogen-bond acceptors (Lipinski definition) is 1. The zero-order chi connectivity index (χ0) is 19.6. The van der Waals surface area contributed by atoms with Gasteiger partial charge in [-0.2, -0.15) is 13.2 Å². The van der Waals surface area contributed by atoms with Gasteiger partial charge in [0.05, 0.1) is 22.5 Å². The number of terminal acetylenes is 1. The fourth-order valence-electron chi connectivity index (χ4n) is 3.66. The molecule has 138 valence electrons. The lowest BCUT2D eigenvalue weighted by Gasteiger charge is -2.15. The van der Waals surface area contributed by atoms with E-state index in [-0.39, 0.29) is 23.0 Å². The van der Waals surface area contributed by atoms with E-state index in [0.29, 0.717) is 36.2 Å². The fraction of sp³-hybridized carbons (Fsp3) is 0.250. The molecule has 0 aromatic heterocycles. The van der Waals surface area contributed by atoms with Gasteiger partial charge in [-0.3, -0.25) is 9.69 Å². The largest absolute Gasteiger partial charge is 0.416 e. The summed E-state index contributed by atoms with van der Waals surface area (Å²) in [4.78, 5) is 14.2. The first-order chi connectivity index (χ1) is 12.7. The summed E-state index contributed by atoms with van der Waals surface area (Å²) in [5.74, 6) is 1.29. The summed E-state index contributed by atoms with van der Waals surface area (Å²) in [5.41, 5.74) is -0.225. The Labute approximate surface area is 157 Å². The van der Waals surface area contributed by atoms with Gasteiger partial charge in [-0.15, -0.1) is 6.42 Å². The lowest BCUT2D eigenvalue weighted by Crippen LogP contribution is -2.32. The molecule has 0 atom stereocenters. The highest BCUT2D eigenvalue weighted by Gasteiger charge is 2.59. The van der Waals surface area contributed by atoms with Gasteiger partial charge in [0.25, 0.3) is 0 Å². The topological polar surface area (TPSA) is 20.3 Å². The number of fused-ring (bicyclic) bond motifs is 2. The van der Waals surface area contributed by atoms with E-state index in [1.807, 2.05) is 0 Å². The maximum absolute atomic E-state index is 14.5. The minimum absolute atomic E-state index is 0.0911. The number of benzene rings is 2. The second-order valence-corrected chi connectivity index (χ2v) is 7.13. The van der Waals surface area contributed by atoms with Crippen LogP contribution in [0.1, 0.15) is 24.0 Å². The van der Waals surface area contributed by atoms with Crippen LogP contribution in [0.5, 0.6) is 0 Å². The number of rotatable bonds is 2. The Bertz CT molecular complexity index is 995. The highest BCUT2D eigenvalue weighted by Crippen LogP contribution is 2.58. The van der Waals surface area contributed by atoms with Gasteiger partial charge in [-0.05, 0) is 48.2 Å². The Hall–Kier alpha value is -2.52. The monoisotopic (exact) mass is 393 g/mol. The van der Waals surface area contributed by atoms with Crippen molar-refractivity contribution in [3.8, 4) is 23.5 Å². The molecule has 1 aliphatic carbocycles. The van der Waals surface area contributed by atoms with Gasteiger partial charge in [-0.25, -0.2) is 4.39 Å². The molecule has 0 unspecified atom stereocenters. The number of carbonyl (C=O) groups is 1. The van der Waals surface area contributed by atoms with Crippen molar-refractivity contribution < 1.29 is 22.4 Å². The van der Waals surface area contributed by atoms with E-state index < -0.39 is 23.0 Å². The van der Waals surface area contributed by atoms with Crippen molar-refractivity contribution in [2.45, 2.75) is 24.4 Å². The molecule has 1 fully saturated rings. The molecule has 0 N–H and O–H groups in total. The van der Waals surface area contributed by atoms with Crippen LogP contribution in [0.15, 0.2) is 30.3 Å². The zero-order valence-corrected chi connectivity index (χ0v) is 14.6. The molecule has 2 aliphatic rings. The molecule has 1 aliphatic heterocycles. The number of amides is 1. The highest BCUT2D eigenvalue weighted by molar-refractivity contribution is 6.33. The van der Waals surface area contributed by atoms with Crippen molar-refractivity contribution in [2.24, 2.45) is 0 Å². The van der Waals surface area contributed by atoms with Gasteiger partial charge in [0.2, 0.25) is 5.91 Å². The van der Waals surface area contributed by atoms with Crippen molar-refractivity contribution in [3.63, 3.8) is 0 Å². The van der Waals surface area contributed by atoms with Gasteiger partial charge >= 0.3 is 6.18 Å². The van der Waals surface area contributed by atoms with Crippen LogP contribution < -0.4 is 4.90 Å². The minimum atomic E-state index is -4.69. The van der Waals surface area contributed by atoms with Crippen LogP contribution in [-0.2, 0) is 16.4 Å². The smallest absolute Gasteiger partial charge is 0.300 e. The molecule has 1 heterocycles. The molecule has 1 saturated carbocycles. The lowest BCUT2D eigenvalue weighted by molar-refractivity contribution is -0.137. The summed E-state index contributed by atoms with van der Waals surface area (Å²) < 4.78 is 53.0. The first-order valence-electron chi connectivity index (χ1n) is 8.15. The summed E-state index contributed by atoms with van der Waals surface area (Å²) in [7, 11) is 0. The second-order valence-electron chi connectivity index (χ2n) is 6.72. The summed E-state index contributed by atoms with van der Waals surface area (Å²) in [5, 5.41) is -0.336. The molecule has 1 spiro atoms. The van der Waals surface area contributed by atoms with E-state index in [1.54, 1.807) is 12.1 Å². The third kappa shape index (κ3) is 2.61. The lowest BCUT2D eigenvalue weighted by atomic mass is 9.93. The molecule has 0 bridgehead atoms. The quantitative estimate of drug-likeness (QED) is 0.509. The van der Waals surface area contributed by atoms with E-state index in [2.05, 4.69) is 5.92 Å². The maximum atomic E-state index is 14.5. The van der Waals surface area contributed by atoms with Crippen LogP contribution in [-0.4, -0.2) is 12.5 Å². The van der Waals surface area contributed by atoms with Crippen molar-refractivity contribution in [1.82, 2.24) is 0 Å². The number of halogens is 5. The average Bonchev–Trinajstić information content (AvgIpc) is 3.36. The van der Waals surface area contributed by atoms with Crippen LogP contribution in [0.2, 0.25) is 5.02 Å². The SMILES string of the molecule is C#CCN1C(=O)C2(CC2)c2cc(-c3c(F)cc(C(F)(F)F)cc3Cl)ccc21. The Morgan fingerprint density at radius 1 is 1.22 bits per heavy atom. The Morgan fingerprint density at radius 3 is 2.48 bits per heavy atom. The van der Waals surface area contributed by atoms with Gasteiger partial charge in [0.15, 0.2) is 0 Å². The molecule has 2 aromatic rings. The predicted molar refractivity (Wildman–Crippen MR) is 93.9 cm³/mol. The molecular formula is C20H12ClF4NO. The third-order valence-electron chi connectivity index (χ3n) is 5.11. The highest BCUT2D eigenvalue weighted by atomic mass is 35.5. The van der Waals surface area contributed by atoms with Crippen LogP contribution >= 0.6 is 11.6 Å². The molecule has 1 amide bonds. The standard InChI is InChI=1S/C20H12ClF4NO/c1-2-7-26-16-4-3-11(8-13(16)19(5-6-19)18(26)27)17-14(21)9-12(10-15(17)22)20(23,24)25/h1,3-4,8-10H,5-7H2. The number of nitrogens with zero attached hydrogens (tertiary/aromatic N) is 1. The molecule has 7 heteroatoms. The molecule has 27 heavy (non-hydrogen) atoms. The van der Waals surface area contributed by atoms with Crippen LogP contribution in [0.25, 0.3) is 11.1 Å². The normalized spacial score (nSPS) is 17.2.